The standard InChI is InChI=1S/C36H37NO6/c1-36(2,3)28-16-20-31(21-17-28)43-33(34(39)37-29(24-42-35(37)40)22-25-10-6-4-7-11-25)32(38)27-14-18-30(19-15-27)41-23-26-12-8-5-9-13-26/h4-21,29,32-33,38H,22-24H2,1-3H3/t29-,32+,33-/m0/s1. The number of cyclic esters (lactones) is 1. The van der Waals surface area contributed by atoms with Crippen LogP contribution >= 0.6 is 0 Å². The smallest absolute Gasteiger partial charge is 0.417 e. The summed E-state index contributed by atoms with van der Waals surface area (Å²) >= 11 is 0. The molecule has 0 saturated carbocycles. The molecular formula is C36H37NO6. The number of aliphatic hydroxyl groups is 1. The topological polar surface area (TPSA) is 85.3 Å². The number of nitrogens with zero attached hydrogens (tertiary/aromatic N) is 1. The van der Waals surface area contributed by atoms with Crippen LogP contribution in [-0.4, -0.2) is 40.8 Å². The fourth-order valence-electron chi connectivity index (χ4n) is 5.01. The molecule has 0 spiro atoms. The number of carbonyl (C=O) groups excluding carboxylic acids is 2. The van der Waals surface area contributed by atoms with Crippen molar-refractivity contribution < 1.29 is 28.9 Å². The zero-order valence-electron chi connectivity index (χ0n) is 24.7. The van der Waals surface area contributed by atoms with Crippen molar-refractivity contribution in [3.63, 3.8) is 0 Å². The molecule has 0 radical (unpaired) electrons. The van der Waals surface area contributed by atoms with Crippen molar-refractivity contribution in [2.24, 2.45) is 0 Å². The highest BCUT2D eigenvalue weighted by Crippen LogP contribution is 2.30. The van der Waals surface area contributed by atoms with Gasteiger partial charge < -0.3 is 19.3 Å². The highest BCUT2D eigenvalue weighted by molar-refractivity contribution is 5.96. The zero-order valence-corrected chi connectivity index (χ0v) is 24.7. The average molecular weight is 580 g/mol. The number of hydrogen-bond acceptors (Lipinski definition) is 6. The second-order valence-corrected chi connectivity index (χ2v) is 11.7. The maximum atomic E-state index is 14.0. The number of aliphatic hydroxyl groups excluding tert-OH is 1. The number of rotatable bonds is 10. The Morgan fingerprint density at radius 1 is 0.860 bits per heavy atom. The van der Waals surface area contributed by atoms with Crippen LogP contribution in [0, 0.1) is 0 Å². The van der Waals surface area contributed by atoms with Gasteiger partial charge in [-0.05, 0) is 58.4 Å². The van der Waals surface area contributed by atoms with Crippen molar-refractivity contribution in [2.75, 3.05) is 6.61 Å². The molecule has 2 amide bonds. The third-order valence-electron chi connectivity index (χ3n) is 7.50. The fourth-order valence-corrected chi connectivity index (χ4v) is 5.01. The van der Waals surface area contributed by atoms with Gasteiger partial charge in [0, 0.05) is 0 Å². The Bertz CT molecular complexity index is 1500. The fraction of sp³-hybridized carbons (Fsp3) is 0.278. The lowest BCUT2D eigenvalue weighted by molar-refractivity contribution is -0.142. The van der Waals surface area contributed by atoms with Crippen molar-refractivity contribution in [3.05, 3.63) is 131 Å². The van der Waals surface area contributed by atoms with E-state index in [9.17, 15) is 14.7 Å². The van der Waals surface area contributed by atoms with E-state index < -0.39 is 30.3 Å². The van der Waals surface area contributed by atoms with Crippen molar-refractivity contribution >= 4 is 12.0 Å². The molecule has 7 nitrogen and oxygen atoms in total. The van der Waals surface area contributed by atoms with Gasteiger partial charge in [0.15, 0.2) is 0 Å². The van der Waals surface area contributed by atoms with Crippen LogP contribution in [-0.2, 0) is 28.0 Å². The Labute approximate surface area is 252 Å². The van der Waals surface area contributed by atoms with Crippen LogP contribution in [0.1, 0.15) is 49.1 Å². The third kappa shape index (κ3) is 7.43. The van der Waals surface area contributed by atoms with Crippen molar-refractivity contribution in [1.29, 1.82) is 0 Å². The Morgan fingerprint density at radius 3 is 2.05 bits per heavy atom. The second kappa shape index (κ2) is 13.1. The van der Waals surface area contributed by atoms with Crippen LogP contribution in [0.4, 0.5) is 4.79 Å². The number of amides is 2. The summed E-state index contributed by atoms with van der Waals surface area (Å²) in [6.07, 6.45) is -3.10. The summed E-state index contributed by atoms with van der Waals surface area (Å²) in [6.45, 7) is 6.79. The van der Waals surface area contributed by atoms with E-state index in [4.69, 9.17) is 14.2 Å². The normalized spacial score (nSPS) is 16.3. The molecule has 4 aromatic carbocycles. The predicted molar refractivity (Wildman–Crippen MR) is 164 cm³/mol. The minimum atomic E-state index is -1.40. The largest absolute Gasteiger partial charge is 0.489 e. The SMILES string of the molecule is CC(C)(C)c1ccc(O[C@H](C(=O)N2C(=O)OC[C@@H]2Cc2ccccc2)[C@H](O)c2ccc(OCc3ccccc3)cc2)cc1. The summed E-state index contributed by atoms with van der Waals surface area (Å²) in [7, 11) is 0. The molecule has 0 unspecified atom stereocenters. The average Bonchev–Trinajstić information content (AvgIpc) is 3.38. The molecule has 1 aliphatic heterocycles. The molecule has 0 bridgehead atoms. The van der Waals surface area contributed by atoms with Gasteiger partial charge in [-0.25, -0.2) is 9.69 Å². The lowest BCUT2D eigenvalue weighted by Gasteiger charge is -2.29. The molecule has 1 N–H and O–H groups in total. The van der Waals surface area contributed by atoms with E-state index in [1.165, 1.54) is 0 Å². The van der Waals surface area contributed by atoms with E-state index >= 15 is 0 Å². The summed E-state index contributed by atoms with van der Waals surface area (Å²) in [5, 5.41) is 11.6. The molecule has 1 heterocycles. The molecule has 1 fully saturated rings. The maximum Gasteiger partial charge on any atom is 0.417 e. The molecule has 43 heavy (non-hydrogen) atoms. The van der Waals surface area contributed by atoms with Crippen LogP contribution < -0.4 is 9.47 Å². The summed E-state index contributed by atoms with van der Waals surface area (Å²) in [5.74, 6) is 0.355. The van der Waals surface area contributed by atoms with Gasteiger partial charge >= 0.3 is 6.09 Å². The van der Waals surface area contributed by atoms with Crippen LogP contribution in [0.25, 0.3) is 0 Å². The molecule has 0 aromatic heterocycles. The van der Waals surface area contributed by atoms with E-state index in [1.54, 1.807) is 36.4 Å². The van der Waals surface area contributed by atoms with E-state index in [1.807, 2.05) is 72.8 Å². The van der Waals surface area contributed by atoms with Crippen molar-refractivity contribution in [2.45, 2.75) is 57.5 Å². The highest BCUT2D eigenvalue weighted by Gasteiger charge is 2.44. The van der Waals surface area contributed by atoms with E-state index in [0.29, 0.717) is 30.1 Å². The van der Waals surface area contributed by atoms with E-state index in [0.717, 1.165) is 21.6 Å². The van der Waals surface area contributed by atoms with Crippen LogP contribution in [0.2, 0.25) is 0 Å². The lowest BCUT2D eigenvalue weighted by atomic mass is 9.87. The first-order chi connectivity index (χ1) is 20.7. The first-order valence-electron chi connectivity index (χ1n) is 14.4. The van der Waals surface area contributed by atoms with Gasteiger partial charge in [-0.2, -0.15) is 0 Å². The third-order valence-corrected chi connectivity index (χ3v) is 7.50. The second-order valence-electron chi connectivity index (χ2n) is 11.7. The summed E-state index contributed by atoms with van der Waals surface area (Å²) in [5.41, 5.74) is 3.47. The molecule has 3 atom stereocenters. The molecule has 0 aliphatic carbocycles. The van der Waals surface area contributed by atoms with E-state index in [2.05, 4.69) is 20.8 Å². The first-order valence-corrected chi connectivity index (χ1v) is 14.4. The highest BCUT2D eigenvalue weighted by atomic mass is 16.6. The quantitative estimate of drug-likeness (QED) is 0.227. The summed E-state index contributed by atoms with van der Waals surface area (Å²) in [4.78, 5) is 28.0. The molecule has 5 rings (SSSR count). The minimum absolute atomic E-state index is 0.0655. The molecular weight excluding hydrogens is 542 g/mol. The zero-order chi connectivity index (χ0) is 30.4. The number of imide groups is 1. The summed E-state index contributed by atoms with van der Waals surface area (Å²) in [6, 6.07) is 33.2. The van der Waals surface area contributed by atoms with Gasteiger partial charge in [0.1, 0.15) is 30.8 Å². The molecule has 222 valence electrons. The van der Waals surface area contributed by atoms with Crippen molar-refractivity contribution in [1.82, 2.24) is 4.90 Å². The number of hydrogen-bond donors (Lipinski definition) is 1. The predicted octanol–water partition coefficient (Wildman–Crippen LogP) is 6.63. The van der Waals surface area contributed by atoms with Gasteiger partial charge in [0.05, 0.1) is 6.04 Å². The van der Waals surface area contributed by atoms with Gasteiger partial charge in [-0.1, -0.05) is 106 Å². The molecule has 1 aliphatic rings. The Balaban J connectivity index is 1.39. The molecule has 4 aromatic rings. The summed E-state index contributed by atoms with van der Waals surface area (Å²) < 4.78 is 17.4. The monoisotopic (exact) mass is 579 g/mol. The number of carbonyl (C=O) groups is 2. The molecule has 1 saturated heterocycles. The van der Waals surface area contributed by atoms with Gasteiger partial charge in [-0.3, -0.25) is 4.79 Å². The van der Waals surface area contributed by atoms with E-state index in [-0.39, 0.29) is 12.0 Å². The molecule has 7 heteroatoms. The first kappa shape index (κ1) is 29.9. The van der Waals surface area contributed by atoms with Gasteiger partial charge in [-0.15, -0.1) is 0 Å². The van der Waals surface area contributed by atoms with Crippen LogP contribution in [0.3, 0.4) is 0 Å². The Hall–Kier alpha value is -4.62. The number of ether oxygens (including phenoxy) is 3. The maximum absolute atomic E-state index is 14.0. The number of benzene rings is 4. The van der Waals surface area contributed by atoms with Crippen LogP contribution in [0.15, 0.2) is 109 Å². The van der Waals surface area contributed by atoms with Gasteiger partial charge in [0.2, 0.25) is 6.10 Å². The Kier molecular flexibility index (Phi) is 9.12. The van der Waals surface area contributed by atoms with Crippen molar-refractivity contribution in [3.8, 4) is 11.5 Å². The minimum Gasteiger partial charge on any atom is -0.489 e. The van der Waals surface area contributed by atoms with Gasteiger partial charge in [0.25, 0.3) is 5.91 Å². The lowest BCUT2D eigenvalue weighted by Crippen LogP contribution is -2.49. The van der Waals surface area contributed by atoms with Crippen LogP contribution in [0.5, 0.6) is 11.5 Å². The Morgan fingerprint density at radius 2 is 1.44 bits per heavy atom.